The predicted octanol–water partition coefficient (Wildman–Crippen LogP) is 2.41. The summed E-state index contributed by atoms with van der Waals surface area (Å²) in [5.41, 5.74) is 7.18. The van der Waals surface area contributed by atoms with E-state index in [2.05, 4.69) is 9.72 Å². The molecule has 11 heteroatoms. The van der Waals surface area contributed by atoms with Gasteiger partial charge in [0.05, 0.1) is 30.7 Å². The lowest BCUT2D eigenvalue weighted by molar-refractivity contribution is -0.130. The van der Waals surface area contributed by atoms with Crippen molar-refractivity contribution >= 4 is 16.9 Å². The highest BCUT2D eigenvalue weighted by Gasteiger charge is 2.27. The highest BCUT2D eigenvalue weighted by Crippen LogP contribution is 2.31. The summed E-state index contributed by atoms with van der Waals surface area (Å²) >= 11 is 0. The number of aromatic nitrogens is 2. The monoisotopic (exact) mass is 426 g/mol. The standard InChI is InChI=1S/C19H18F4N4O3/c1-30-18-16(22)14(20)9(15(21)17(18)23)8-27-12-5-3-2-4-11(12)25-13(27)7-6-10(24)19(28)26-29/h2-5,10,29H,6-8,24H2,1H3,(H,26,28)/t10-/m0/s1. The van der Waals surface area contributed by atoms with E-state index in [1.54, 1.807) is 24.3 Å². The third-order valence-electron chi connectivity index (χ3n) is 4.69. The van der Waals surface area contributed by atoms with Gasteiger partial charge in [-0.25, -0.2) is 19.2 Å². The van der Waals surface area contributed by atoms with E-state index in [-0.39, 0.29) is 18.7 Å². The number of imidazole rings is 1. The number of aryl methyl sites for hydroxylation is 1. The molecule has 2 aromatic carbocycles. The predicted molar refractivity (Wildman–Crippen MR) is 97.9 cm³/mol. The molecule has 160 valence electrons. The Morgan fingerprint density at radius 3 is 2.43 bits per heavy atom. The third kappa shape index (κ3) is 3.81. The molecule has 0 aliphatic heterocycles. The average molecular weight is 426 g/mol. The Kier molecular flexibility index (Phi) is 6.22. The van der Waals surface area contributed by atoms with Crippen LogP contribution in [-0.2, 0) is 17.8 Å². The number of hydrogen-bond donors (Lipinski definition) is 3. The van der Waals surface area contributed by atoms with E-state index in [4.69, 9.17) is 10.9 Å². The first-order valence-electron chi connectivity index (χ1n) is 8.82. The van der Waals surface area contributed by atoms with Gasteiger partial charge in [0, 0.05) is 12.0 Å². The number of carbonyl (C=O) groups excluding carboxylic acids is 1. The number of para-hydroxylation sites is 2. The molecule has 30 heavy (non-hydrogen) atoms. The minimum Gasteiger partial charge on any atom is -0.491 e. The number of hydrogen-bond acceptors (Lipinski definition) is 5. The fourth-order valence-electron chi connectivity index (χ4n) is 3.12. The molecule has 0 bridgehead atoms. The maximum absolute atomic E-state index is 14.5. The van der Waals surface area contributed by atoms with Crippen LogP contribution in [0.1, 0.15) is 17.8 Å². The molecule has 0 radical (unpaired) electrons. The van der Waals surface area contributed by atoms with Gasteiger partial charge in [-0.15, -0.1) is 0 Å². The van der Waals surface area contributed by atoms with Gasteiger partial charge in [0.1, 0.15) is 5.82 Å². The van der Waals surface area contributed by atoms with Crippen molar-refractivity contribution in [2.45, 2.75) is 25.4 Å². The van der Waals surface area contributed by atoms with Gasteiger partial charge in [-0.05, 0) is 18.6 Å². The van der Waals surface area contributed by atoms with Crippen molar-refractivity contribution in [1.29, 1.82) is 0 Å². The highest BCUT2D eigenvalue weighted by atomic mass is 19.2. The van der Waals surface area contributed by atoms with Gasteiger partial charge >= 0.3 is 0 Å². The van der Waals surface area contributed by atoms with Crippen molar-refractivity contribution in [3.8, 4) is 5.75 Å². The molecular formula is C19H18F4N4O3. The Hall–Kier alpha value is -3.18. The molecular weight excluding hydrogens is 408 g/mol. The lowest BCUT2D eigenvalue weighted by atomic mass is 10.1. The summed E-state index contributed by atoms with van der Waals surface area (Å²) in [5, 5.41) is 8.66. The molecule has 0 aliphatic carbocycles. The van der Waals surface area contributed by atoms with E-state index >= 15 is 0 Å². The number of halogens is 4. The van der Waals surface area contributed by atoms with Crippen LogP contribution in [-0.4, -0.2) is 33.8 Å². The zero-order valence-corrected chi connectivity index (χ0v) is 15.8. The lowest BCUT2D eigenvalue weighted by Crippen LogP contribution is -2.39. The van der Waals surface area contributed by atoms with Crippen LogP contribution >= 0.6 is 0 Å². The van der Waals surface area contributed by atoms with Crippen LogP contribution in [0, 0.1) is 23.3 Å². The Labute approximate surface area is 168 Å². The third-order valence-corrected chi connectivity index (χ3v) is 4.69. The second-order valence-corrected chi connectivity index (χ2v) is 6.49. The lowest BCUT2D eigenvalue weighted by Gasteiger charge is -2.15. The van der Waals surface area contributed by atoms with Crippen molar-refractivity contribution in [2.24, 2.45) is 5.73 Å². The Balaban J connectivity index is 2.05. The molecule has 3 aromatic rings. The van der Waals surface area contributed by atoms with Crippen molar-refractivity contribution in [3.05, 3.63) is 58.9 Å². The summed E-state index contributed by atoms with van der Waals surface area (Å²) < 4.78 is 63.0. The van der Waals surface area contributed by atoms with E-state index in [0.29, 0.717) is 11.0 Å². The largest absolute Gasteiger partial charge is 0.491 e. The molecule has 7 nitrogen and oxygen atoms in total. The number of nitrogens with zero attached hydrogens (tertiary/aromatic N) is 2. The molecule has 0 unspecified atom stereocenters. The fraction of sp³-hybridized carbons (Fsp3) is 0.263. The molecule has 0 spiro atoms. The van der Waals surface area contributed by atoms with Gasteiger partial charge in [-0.2, -0.15) is 8.78 Å². The van der Waals surface area contributed by atoms with Crippen LogP contribution in [0.25, 0.3) is 11.0 Å². The van der Waals surface area contributed by atoms with Crippen LogP contribution in [0.5, 0.6) is 5.75 Å². The number of fused-ring (bicyclic) bond motifs is 1. The number of rotatable bonds is 7. The van der Waals surface area contributed by atoms with E-state index in [9.17, 15) is 22.4 Å². The molecule has 4 N–H and O–H groups in total. The summed E-state index contributed by atoms with van der Waals surface area (Å²) in [6.07, 6.45) is 0.139. The molecule has 1 amide bonds. The quantitative estimate of drug-likeness (QED) is 0.233. The number of nitrogens with one attached hydrogen (secondary N) is 1. The van der Waals surface area contributed by atoms with Crippen molar-refractivity contribution in [2.75, 3.05) is 7.11 Å². The Morgan fingerprint density at radius 2 is 1.83 bits per heavy atom. The molecule has 0 fully saturated rings. The highest BCUT2D eigenvalue weighted by molar-refractivity contribution is 5.80. The van der Waals surface area contributed by atoms with Crippen molar-refractivity contribution in [3.63, 3.8) is 0 Å². The summed E-state index contributed by atoms with van der Waals surface area (Å²) in [4.78, 5) is 15.8. The Bertz CT molecular complexity index is 1070. The number of benzene rings is 2. The smallest absolute Gasteiger partial charge is 0.260 e. The Morgan fingerprint density at radius 1 is 1.20 bits per heavy atom. The van der Waals surface area contributed by atoms with Crippen LogP contribution in [0.2, 0.25) is 0 Å². The normalized spacial score (nSPS) is 12.2. The van der Waals surface area contributed by atoms with Gasteiger partial charge in [-0.1, -0.05) is 12.1 Å². The topological polar surface area (TPSA) is 102 Å². The first kappa shape index (κ1) is 21.5. The number of nitrogens with two attached hydrogens (primary N) is 1. The molecule has 1 aromatic heterocycles. The maximum Gasteiger partial charge on any atom is 0.260 e. The van der Waals surface area contributed by atoms with Crippen molar-refractivity contribution in [1.82, 2.24) is 15.0 Å². The second kappa shape index (κ2) is 8.67. The number of carbonyl (C=O) groups is 1. The maximum atomic E-state index is 14.5. The van der Waals surface area contributed by atoms with Gasteiger partial charge in [0.15, 0.2) is 17.4 Å². The number of amides is 1. The first-order chi connectivity index (χ1) is 14.3. The fourth-order valence-corrected chi connectivity index (χ4v) is 3.12. The van der Waals surface area contributed by atoms with E-state index in [1.807, 2.05) is 0 Å². The second-order valence-electron chi connectivity index (χ2n) is 6.49. The van der Waals surface area contributed by atoms with Crippen LogP contribution < -0.4 is 16.0 Å². The van der Waals surface area contributed by atoms with Gasteiger partial charge < -0.3 is 15.0 Å². The zero-order valence-electron chi connectivity index (χ0n) is 15.8. The minimum atomic E-state index is -1.64. The van der Waals surface area contributed by atoms with Crippen LogP contribution in [0.4, 0.5) is 17.6 Å². The van der Waals surface area contributed by atoms with Gasteiger partial charge in [0.25, 0.3) is 5.91 Å². The summed E-state index contributed by atoms with van der Waals surface area (Å²) in [7, 11) is 0.896. The van der Waals surface area contributed by atoms with Gasteiger partial charge in [0.2, 0.25) is 11.6 Å². The molecule has 3 rings (SSSR count). The SMILES string of the molecule is COc1c(F)c(F)c(Cn2c(CC[C@H](N)C(=O)NO)nc3ccccc32)c(F)c1F. The number of ether oxygens (including phenoxy) is 1. The molecule has 0 saturated carbocycles. The zero-order chi connectivity index (χ0) is 22.0. The van der Waals surface area contributed by atoms with Crippen LogP contribution in [0.3, 0.4) is 0 Å². The summed E-state index contributed by atoms with van der Waals surface area (Å²) in [6.45, 7) is -0.563. The summed E-state index contributed by atoms with van der Waals surface area (Å²) in [5.74, 6) is -8.11. The molecule has 0 saturated heterocycles. The van der Waals surface area contributed by atoms with E-state index in [0.717, 1.165) is 7.11 Å². The van der Waals surface area contributed by atoms with Gasteiger partial charge in [-0.3, -0.25) is 10.0 Å². The molecule has 1 atom stereocenters. The van der Waals surface area contributed by atoms with E-state index in [1.165, 1.54) is 10.0 Å². The molecule has 1 heterocycles. The molecule has 0 aliphatic rings. The number of methoxy groups -OCH3 is 1. The van der Waals surface area contributed by atoms with Crippen LogP contribution in [0.15, 0.2) is 24.3 Å². The summed E-state index contributed by atoms with van der Waals surface area (Å²) in [6, 6.07) is 5.57. The first-order valence-corrected chi connectivity index (χ1v) is 8.82. The van der Waals surface area contributed by atoms with E-state index < -0.39 is 53.1 Å². The average Bonchev–Trinajstić information content (AvgIpc) is 3.10. The van der Waals surface area contributed by atoms with Crippen molar-refractivity contribution < 1.29 is 32.3 Å². The number of hydroxylamine groups is 1. The minimum absolute atomic E-state index is 0.0476.